The summed E-state index contributed by atoms with van der Waals surface area (Å²) in [5.74, 6) is 2.23. The van der Waals surface area contributed by atoms with Crippen LogP contribution in [0.15, 0.2) is 94.8 Å². The Morgan fingerprint density at radius 2 is 1.57 bits per heavy atom. The minimum atomic E-state index is -1.75. The summed E-state index contributed by atoms with van der Waals surface area (Å²) in [4.78, 5) is 0. The normalized spacial score (nSPS) is 27.6. The van der Waals surface area contributed by atoms with Gasteiger partial charge in [-0.1, -0.05) is 136 Å². The van der Waals surface area contributed by atoms with Crippen molar-refractivity contribution < 1.29 is 0 Å². The van der Waals surface area contributed by atoms with Crippen LogP contribution in [0, 0.1) is 17.8 Å². The molecule has 0 aliphatic heterocycles. The molecule has 5 rings (SSSR count). The maximum Gasteiger partial charge on any atom is 0.0851 e. The van der Waals surface area contributed by atoms with Crippen molar-refractivity contribution in [3.8, 4) is 0 Å². The molecule has 4 aliphatic rings. The van der Waals surface area contributed by atoms with Crippen molar-refractivity contribution in [3.63, 3.8) is 0 Å². The smallest absolute Gasteiger partial charge is 0.0801 e. The largest absolute Gasteiger partial charge is 0.0851 e. The molecule has 37 heavy (non-hydrogen) atoms. The molecule has 0 spiro atoms. The van der Waals surface area contributed by atoms with Gasteiger partial charge in [0.15, 0.2) is 0 Å². The maximum absolute atomic E-state index is 2.72. The highest BCUT2D eigenvalue weighted by Gasteiger charge is 2.52. The average Bonchev–Trinajstić information content (AvgIpc) is 3.37. The standard InChI is InChI=1S/C34H48Si3/c1-35(2,3)23-27-21-33(31-17-13-12-16-29(27)31)37(7,8)34-22-28(24-36(4,5)6)30-19-18-26(20-32(30)34)25-14-10-9-11-15-25/h9-12,14-21,28,30,32,34H,13,22-24H2,1-8H3. The first-order chi connectivity index (χ1) is 17.3. The van der Waals surface area contributed by atoms with Gasteiger partial charge in [-0.3, -0.25) is 0 Å². The molecule has 0 N–H and O–H groups in total. The van der Waals surface area contributed by atoms with E-state index in [1.54, 1.807) is 21.9 Å². The first-order valence-electron chi connectivity index (χ1n) is 14.6. The summed E-state index contributed by atoms with van der Waals surface area (Å²) in [5, 5.41) is 1.77. The second kappa shape index (κ2) is 9.81. The number of benzene rings is 1. The zero-order valence-electron chi connectivity index (χ0n) is 24.6. The number of rotatable bonds is 7. The Kier molecular flexibility index (Phi) is 7.13. The van der Waals surface area contributed by atoms with E-state index >= 15 is 0 Å². The van der Waals surface area contributed by atoms with Gasteiger partial charge in [-0.15, -0.1) is 0 Å². The highest BCUT2D eigenvalue weighted by atomic mass is 28.3. The molecule has 4 atom stereocenters. The molecule has 1 aromatic carbocycles. The van der Waals surface area contributed by atoms with Gasteiger partial charge in [-0.25, -0.2) is 0 Å². The van der Waals surface area contributed by atoms with Crippen LogP contribution in [0.4, 0.5) is 0 Å². The zero-order valence-corrected chi connectivity index (χ0v) is 27.6. The van der Waals surface area contributed by atoms with Gasteiger partial charge in [-0.2, -0.15) is 0 Å². The van der Waals surface area contributed by atoms with Crippen LogP contribution in [0.2, 0.25) is 70.0 Å². The van der Waals surface area contributed by atoms with Crippen LogP contribution in [0.1, 0.15) is 18.4 Å². The molecule has 0 saturated heterocycles. The van der Waals surface area contributed by atoms with Crippen molar-refractivity contribution in [2.45, 2.75) is 82.8 Å². The van der Waals surface area contributed by atoms with Gasteiger partial charge in [0.25, 0.3) is 0 Å². The van der Waals surface area contributed by atoms with Gasteiger partial charge < -0.3 is 0 Å². The van der Waals surface area contributed by atoms with Gasteiger partial charge in [0.05, 0.1) is 8.07 Å². The lowest BCUT2D eigenvalue weighted by atomic mass is 9.83. The van der Waals surface area contributed by atoms with E-state index in [1.807, 2.05) is 0 Å². The SMILES string of the molecule is C[Si](C)(C)CC1=C2C=CCC=C2C([Si](C)(C)C2CC(C[Si](C)(C)C)C3C=CC(c4ccccc4)=CC32)=C1. The lowest BCUT2D eigenvalue weighted by Crippen LogP contribution is -2.38. The fraction of sp³-hybridized carbons (Fsp3) is 0.471. The monoisotopic (exact) mass is 540 g/mol. The molecule has 1 saturated carbocycles. The Labute approximate surface area is 230 Å². The Morgan fingerprint density at radius 1 is 0.838 bits per heavy atom. The first-order valence-corrected chi connectivity index (χ1v) is 25.1. The predicted octanol–water partition coefficient (Wildman–Crippen LogP) is 10.3. The molecule has 0 radical (unpaired) electrons. The van der Waals surface area contributed by atoms with Crippen molar-refractivity contribution in [1.29, 1.82) is 0 Å². The summed E-state index contributed by atoms with van der Waals surface area (Å²) in [6, 6.07) is 13.9. The fourth-order valence-corrected chi connectivity index (χ4v) is 15.2. The maximum atomic E-state index is 2.72. The van der Waals surface area contributed by atoms with Gasteiger partial charge in [0, 0.05) is 16.1 Å². The van der Waals surface area contributed by atoms with Gasteiger partial charge >= 0.3 is 0 Å². The van der Waals surface area contributed by atoms with Gasteiger partial charge in [0.1, 0.15) is 0 Å². The molecule has 0 nitrogen and oxygen atoms in total. The Hall–Kier alpha value is -1.69. The molecule has 1 fully saturated rings. The average molecular weight is 541 g/mol. The van der Waals surface area contributed by atoms with E-state index in [4.69, 9.17) is 0 Å². The van der Waals surface area contributed by atoms with E-state index < -0.39 is 24.2 Å². The van der Waals surface area contributed by atoms with E-state index in [0.29, 0.717) is 11.8 Å². The van der Waals surface area contributed by atoms with Crippen molar-refractivity contribution in [1.82, 2.24) is 0 Å². The Morgan fingerprint density at radius 3 is 2.24 bits per heavy atom. The van der Waals surface area contributed by atoms with Crippen LogP contribution in [0.25, 0.3) is 5.57 Å². The zero-order chi connectivity index (χ0) is 26.6. The van der Waals surface area contributed by atoms with E-state index in [1.165, 1.54) is 29.6 Å². The molecular formula is C34H48Si3. The molecule has 196 valence electrons. The third-order valence-corrected chi connectivity index (χ3v) is 16.7. The Balaban J connectivity index is 1.53. The highest BCUT2D eigenvalue weighted by Crippen LogP contribution is 2.59. The minimum absolute atomic E-state index is 0.674. The third-order valence-electron chi connectivity index (χ3n) is 9.19. The van der Waals surface area contributed by atoms with E-state index in [9.17, 15) is 0 Å². The van der Waals surface area contributed by atoms with Crippen LogP contribution in [0.3, 0.4) is 0 Å². The van der Waals surface area contributed by atoms with Crippen LogP contribution in [0.5, 0.6) is 0 Å². The topological polar surface area (TPSA) is 0 Å². The predicted molar refractivity (Wildman–Crippen MR) is 173 cm³/mol. The number of hydrogen-bond acceptors (Lipinski definition) is 0. The molecule has 4 unspecified atom stereocenters. The molecule has 4 aliphatic carbocycles. The lowest BCUT2D eigenvalue weighted by molar-refractivity contribution is 0.447. The molecule has 0 bridgehead atoms. The Bertz CT molecular complexity index is 1220. The van der Waals surface area contributed by atoms with Crippen molar-refractivity contribution >= 4 is 29.8 Å². The van der Waals surface area contributed by atoms with Crippen LogP contribution < -0.4 is 0 Å². The van der Waals surface area contributed by atoms with Crippen molar-refractivity contribution in [2.24, 2.45) is 17.8 Å². The van der Waals surface area contributed by atoms with E-state index in [2.05, 4.69) is 125 Å². The molecule has 0 heterocycles. The molecule has 3 heteroatoms. The van der Waals surface area contributed by atoms with Crippen molar-refractivity contribution in [3.05, 3.63) is 100 Å². The summed E-state index contributed by atoms with van der Waals surface area (Å²) in [5.41, 5.74) is 8.47. The van der Waals surface area contributed by atoms with Gasteiger partial charge in [-0.05, 0) is 70.0 Å². The number of fused-ring (bicyclic) bond motifs is 2. The van der Waals surface area contributed by atoms with Gasteiger partial charge in [0.2, 0.25) is 0 Å². The second-order valence-electron chi connectivity index (χ2n) is 15.1. The minimum Gasteiger partial charge on any atom is -0.0801 e. The molecule has 1 aromatic rings. The van der Waals surface area contributed by atoms with Crippen LogP contribution in [-0.2, 0) is 0 Å². The molecule has 0 aromatic heterocycles. The molecule has 0 amide bonds. The lowest BCUT2D eigenvalue weighted by Gasteiger charge is -2.37. The number of hydrogen-bond donors (Lipinski definition) is 0. The summed E-state index contributed by atoms with van der Waals surface area (Å²) < 4.78 is 0. The molecular weight excluding hydrogens is 493 g/mol. The first kappa shape index (κ1) is 26.9. The van der Waals surface area contributed by atoms with Crippen LogP contribution in [-0.4, -0.2) is 24.2 Å². The quantitative estimate of drug-likeness (QED) is 0.302. The van der Waals surface area contributed by atoms with E-state index in [0.717, 1.165) is 17.9 Å². The summed E-state index contributed by atoms with van der Waals surface area (Å²) in [6.45, 7) is 20.8. The van der Waals surface area contributed by atoms with Crippen molar-refractivity contribution in [2.75, 3.05) is 0 Å². The number of allylic oxidation sites excluding steroid dienone is 12. The fourth-order valence-electron chi connectivity index (χ4n) is 7.70. The third kappa shape index (κ3) is 5.55. The van der Waals surface area contributed by atoms with Crippen LogP contribution >= 0.6 is 0 Å². The highest BCUT2D eigenvalue weighted by molar-refractivity contribution is 6.87. The summed E-state index contributed by atoms with van der Waals surface area (Å²) in [6.07, 6.45) is 20.4. The van der Waals surface area contributed by atoms with E-state index in [-0.39, 0.29) is 0 Å². The summed E-state index contributed by atoms with van der Waals surface area (Å²) >= 11 is 0. The summed E-state index contributed by atoms with van der Waals surface area (Å²) in [7, 11) is -4.09. The second-order valence-corrected chi connectivity index (χ2v) is 30.8.